The summed E-state index contributed by atoms with van der Waals surface area (Å²) < 4.78 is 28.6. The minimum Gasteiger partial charge on any atom is -0.319 e. The molecule has 19 heavy (non-hydrogen) atoms. The highest BCUT2D eigenvalue weighted by atomic mass is 32.2. The summed E-state index contributed by atoms with van der Waals surface area (Å²) >= 11 is 0. The van der Waals surface area contributed by atoms with Crippen LogP contribution in [0.15, 0.2) is 11.6 Å². The summed E-state index contributed by atoms with van der Waals surface area (Å²) in [4.78, 5) is 0. The molecule has 0 aromatic rings. The fourth-order valence-electron chi connectivity index (χ4n) is 2.93. The minimum absolute atomic E-state index is 0.440. The third-order valence-electron chi connectivity index (χ3n) is 3.92. The predicted octanol–water partition coefficient (Wildman–Crippen LogP) is 0.815. The van der Waals surface area contributed by atoms with Crippen LogP contribution >= 0.6 is 0 Å². The van der Waals surface area contributed by atoms with Crippen LogP contribution in [-0.4, -0.2) is 56.8 Å². The van der Waals surface area contributed by atoms with Crippen LogP contribution in [0, 0.1) is 5.92 Å². The molecule has 1 N–H and O–H groups in total. The van der Waals surface area contributed by atoms with Gasteiger partial charge in [0.15, 0.2) is 0 Å². The zero-order chi connectivity index (χ0) is 13.9. The standard InChI is InChI=1S/C13H25N3O2S/c1-12-5-3-7-15(10-12)19(17,18)16-8-4-6-13(11-16)9-14-2/h5,13-14H,3-4,6-11H2,1-2H3. The average Bonchev–Trinajstić information content (AvgIpc) is 2.39. The van der Waals surface area contributed by atoms with Crippen molar-refractivity contribution in [1.82, 2.24) is 13.9 Å². The summed E-state index contributed by atoms with van der Waals surface area (Å²) in [5, 5.41) is 3.15. The lowest BCUT2D eigenvalue weighted by atomic mass is 10.00. The molecule has 5 nitrogen and oxygen atoms in total. The van der Waals surface area contributed by atoms with E-state index < -0.39 is 10.2 Å². The van der Waals surface area contributed by atoms with Gasteiger partial charge in [0.25, 0.3) is 10.2 Å². The van der Waals surface area contributed by atoms with E-state index in [1.165, 1.54) is 0 Å². The van der Waals surface area contributed by atoms with E-state index >= 15 is 0 Å². The van der Waals surface area contributed by atoms with Crippen LogP contribution in [0.1, 0.15) is 26.2 Å². The zero-order valence-corrected chi connectivity index (χ0v) is 12.7. The van der Waals surface area contributed by atoms with E-state index in [1.54, 1.807) is 8.61 Å². The zero-order valence-electron chi connectivity index (χ0n) is 11.9. The molecule has 2 heterocycles. The van der Waals surface area contributed by atoms with E-state index in [0.29, 0.717) is 32.1 Å². The van der Waals surface area contributed by atoms with E-state index in [2.05, 4.69) is 11.4 Å². The smallest absolute Gasteiger partial charge is 0.282 e. The van der Waals surface area contributed by atoms with Gasteiger partial charge in [-0.15, -0.1) is 0 Å². The van der Waals surface area contributed by atoms with Crippen molar-refractivity contribution in [3.8, 4) is 0 Å². The van der Waals surface area contributed by atoms with Crippen molar-refractivity contribution in [3.05, 3.63) is 11.6 Å². The first-order valence-electron chi connectivity index (χ1n) is 7.09. The van der Waals surface area contributed by atoms with Gasteiger partial charge in [-0.3, -0.25) is 0 Å². The van der Waals surface area contributed by atoms with Gasteiger partial charge in [0.1, 0.15) is 0 Å². The quantitative estimate of drug-likeness (QED) is 0.779. The van der Waals surface area contributed by atoms with Crippen molar-refractivity contribution in [2.45, 2.75) is 26.2 Å². The molecule has 1 atom stereocenters. The van der Waals surface area contributed by atoms with Gasteiger partial charge in [0.2, 0.25) is 0 Å². The third kappa shape index (κ3) is 3.56. The SMILES string of the molecule is CNCC1CCCN(S(=O)(=O)N2CCC=C(C)C2)C1. The second kappa shape index (κ2) is 6.35. The van der Waals surface area contributed by atoms with Crippen molar-refractivity contribution >= 4 is 10.2 Å². The summed E-state index contributed by atoms with van der Waals surface area (Å²) in [5.74, 6) is 0.440. The lowest BCUT2D eigenvalue weighted by Gasteiger charge is -2.36. The fraction of sp³-hybridized carbons (Fsp3) is 0.846. The highest BCUT2D eigenvalue weighted by Gasteiger charge is 2.33. The molecule has 2 rings (SSSR count). The number of rotatable bonds is 4. The Morgan fingerprint density at radius 1 is 1.37 bits per heavy atom. The highest BCUT2D eigenvalue weighted by molar-refractivity contribution is 7.86. The summed E-state index contributed by atoms with van der Waals surface area (Å²) in [6.45, 7) is 5.39. The fourth-order valence-corrected chi connectivity index (χ4v) is 4.72. The van der Waals surface area contributed by atoms with Crippen LogP contribution in [0.3, 0.4) is 0 Å². The van der Waals surface area contributed by atoms with Crippen molar-refractivity contribution < 1.29 is 8.42 Å². The predicted molar refractivity (Wildman–Crippen MR) is 77.1 cm³/mol. The van der Waals surface area contributed by atoms with Gasteiger partial charge in [-0.1, -0.05) is 11.6 Å². The first-order chi connectivity index (χ1) is 9.04. The molecular weight excluding hydrogens is 262 g/mol. The van der Waals surface area contributed by atoms with Crippen molar-refractivity contribution in [2.24, 2.45) is 5.92 Å². The Morgan fingerprint density at radius 3 is 2.84 bits per heavy atom. The van der Waals surface area contributed by atoms with Crippen LogP contribution in [0.2, 0.25) is 0 Å². The monoisotopic (exact) mass is 287 g/mol. The summed E-state index contributed by atoms with van der Waals surface area (Å²) in [5.41, 5.74) is 1.15. The van der Waals surface area contributed by atoms with E-state index in [0.717, 1.165) is 31.4 Å². The first-order valence-corrected chi connectivity index (χ1v) is 8.49. The number of nitrogens with one attached hydrogen (secondary N) is 1. The third-order valence-corrected chi connectivity index (χ3v) is 5.87. The Hall–Kier alpha value is -0.430. The summed E-state index contributed by atoms with van der Waals surface area (Å²) in [7, 11) is -1.35. The molecule has 1 saturated heterocycles. The van der Waals surface area contributed by atoms with Gasteiger partial charge in [0, 0.05) is 26.2 Å². The van der Waals surface area contributed by atoms with E-state index in [4.69, 9.17) is 0 Å². The molecule has 0 radical (unpaired) electrons. The number of nitrogens with zero attached hydrogens (tertiary/aromatic N) is 2. The maximum Gasteiger partial charge on any atom is 0.282 e. The van der Waals surface area contributed by atoms with Crippen LogP contribution in [-0.2, 0) is 10.2 Å². The van der Waals surface area contributed by atoms with Gasteiger partial charge in [-0.2, -0.15) is 17.0 Å². The summed E-state index contributed by atoms with van der Waals surface area (Å²) in [6.07, 6.45) is 5.05. The Balaban J connectivity index is 2.04. The Morgan fingerprint density at radius 2 is 2.16 bits per heavy atom. The molecule has 0 aliphatic carbocycles. The topological polar surface area (TPSA) is 52.7 Å². The van der Waals surface area contributed by atoms with Gasteiger partial charge >= 0.3 is 0 Å². The van der Waals surface area contributed by atoms with Gasteiger partial charge in [-0.05, 0) is 45.7 Å². The van der Waals surface area contributed by atoms with Crippen molar-refractivity contribution in [2.75, 3.05) is 39.8 Å². The molecule has 0 aromatic heterocycles. The van der Waals surface area contributed by atoms with Crippen LogP contribution in [0.4, 0.5) is 0 Å². The van der Waals surface area contributed by atoms with Gasteiger partial charge in [-0.25, -0.2) is 0 Å². The van der Waals surface area contributed by atoms with Crippen molar-refractivity contribution in [3.63, 3.8) is 0 Å². The number of hydrogen-bond donors (Lipinski definition) is 1. The molecule has 0 amide bonds. The molecule has 0 saturated carbocycles. The summed E-state index contributed by atoms with van der Waals surface area (Å²) in [6, 6.07) is 0. The second-order valence-corrected chi connectivity index (χ2v) is 7.53. The molecular formula is C13H25N3O2S. The van der Waals surface area contributed by atoms with E-state index in [9.17, 15) is 8.42 Å². The average molecular weight is 287 g/mol. The lowest BCUT2D eigenvalue weighted by molar-refractivity contribution is 0.245. The van der Waals surface area contributed by atoms with Crippen molar-refractivity contribution in [1.29, 1.82) is 0 Å². The maximum atomic E-state index is 12.6. The molecule has 1 fully saturated rings. The normalized spacial score (nSPS) is 27.3. The van der Waals surface area contributed by atoms with Crippen LogP contribution in [0.5, 0.6) is 0 Å². The molecule has 110 valence electrons. The maximum absolute atomic E-state index is 12.6. The highest BCUT2D eigenvalue weighted by Crippen LogP contribution is 2.22. The van der Waals surface area contributed by atoms with E-state index in [1.807, 2.05) is 14.0 Å². The largest absolute Gasteiger partial charge is 0.319 e. The Kier molecular flexibility index (Phi) is 5.00. The van der Waals surface area contributed by atoms with Gasteiger partial charge in [0.05, 0.1) is 0 Å². The molecule has 2 aliphatic rings. The van der Waals surface area contributed by atoms with Crippen LogP contribution in [0.25, 0.3) is 0 Å². The molecule has 1 unspecified atom stereocenters. The molecule has 0 bridgehead atoms. The molecule has 0 aromatic carbocycles. The molecule has 6 heteroatoms. The Bertz CT molecular complexity index is 431. The van der Waals surface area contributed by atoms with E-state index in [-0.39, 0.29) is 0 Å². The minimum atomic E-state index is -3.27. The second-order valence-electron chi connectivity index (χ2n) is 5.60. The van der Waals surface area contributed by atoms with Crippen LogP contribution < -0.4 is 5.32 Å². The first kappa shape index (κ1) is 15.0. The lowest BCUT2D eigenvalue weighted by Crippen LogP contribution is -2.50. The molecule has 0 spiro atoms. The molecule has 2 aliphatic heterocycles. The Labute approximate surface area is 116 Å². The number of hydrogen-bond acceptors (Lipinski definition) is 3. The van der Waals surface area contributed by atoms with Gasteiger partial charge < -0.3 is 5.32 Å². The number of piperidine rings is 1.